The number of hydrogen-bond donors (Lipinski definition) is 2. The van der Waals surface area contributed by atoms with Crippen LogP contribution in [0.25, 0.3) is 10.9 Å². The summed E-state index contributed by atoms with van der Waals surface area (Å²) in [4.78, 5) is 20.0. The Labute approximate surface area is 158 Å². The van der Waals surface area contributed by atoms with Crippen LogP contribution in [0.5, 0.6) is 5.75 Å². The van der Waals surface area contributed by atoms with Gasteiger partial charge in [0, 0.05) is 49.1 Å². The molecule has 1 aromatic heterocycles. The number of urea groups is 1. The quantitative estimate of drug-likeness (QED) is 0.747. The molecule has 4 rings (SSSR count). The van der Waals surface area contributed by atoms with Crippen molar-refractivity contribution < 1.29 is 9.53 Å². The first-order valence-corrected chi connectivity index (χ1v) is 9.21. The maximum atomic E-state index is 12.5. The molecule has 0 aliphatic carbocycles. The summed E-state index contributed by atoms with van der Waals surface area (Å²) in [6.45, 7) is 3.54. The van der Waals surface area contributed by atoms with E-state index >= 15 is 0 Å². The molecule has 6 nitrogen and oxygen atoms in total. The number of rotatable bonds is 4. The van der Waals surface area contributed by atoms with Crippen LogP contribution in [0.15, 0.2) is 54.6 Å². The zero-order chi connectivity index (χ0) is 18.6. The van der Waals surface area contributed by atoms with E-state index in [0.29, 0.717) is 19.6 Å². The summed E-state index contributed by atoms with van der Waals surface area (Å²) in [5.74, 6) is 0.853. The Hall–Kier alpha value is -3.15. The Balaban J connectivity index is 1.30. The molecule has 3 aromatic rings. The molecule has 0 radical (unpaired) electrons. The fraction of sp³-hybridized carbons (Fsp3) is 0.286. The lowest BCUT2D eigenvalue weighted by atomic mass is 10.2. The second-order valence-electron chi connectivity index (χ2n) is 6.72. The Morgan fingerprint density at radius 2 is 1.89 bits per heavy atom. The van der Waals surface area contributed by atoms with Crippen molar-refractivity contribution in [2.75, 3.05) is 38.2 Å². The summed E-state index contributed by atoms with van der Waals surface area (Å²) < 4.78 is 5.30. The zero-order valence-corrected chi connectivity index (χ0v) is 15.4. The number of methoxy groups -OCH3 is 1. The van der Waals surface area contributed by atoms with Crippen LogP contribution in [-0.2, 0) is 6.54 Å². The van der Waals surface area contributed by atoms with Gasteiger partial charge in [0.15, 0.2) is 0 Å². The molecule has 2 N–H and O–H groups in total. The molecule has 1 fully saturated rings. The van der Waals surface area contributed by atoms with E-state index in [2.05, 4.69) is 33.4 Å². The van der Waals surface area contributed by atoms with Crippen molar-refractivity contribution in [3.8, 4) is 5.75 Å². The minimum atomic E-state index is -0.0149. The normalized spacial score (nSPS) is 14.4. The van der Waals surface area contributed by atoms with Gasteiger partial charge in [0.05, 0.1) is 13.7 Å². The number of hydrogen-bond acceptors (Lipinski definition) is 3. The first kappa shape index (κ1) is 17.3. The van der Waals surface area contributed by atoms with Crippen molar-refractivity contribution in [1.29, 1.82) is 0 Å². The average molecular weight is 364 g/mol. The van der Waals surface area contributed by atoms with Crippen molar-refractivity contribution in [3.63, 3.8) is 0 Å². The van der Waals surface area contributed by atoms with E-state index in [1.807, 2.05) is 41.3 Å². The van der Waals surface area contributed by atoms with E-state index in [-0.39, 0.29) is 6.03 Å². The highest BCUT2D eigenvalue weighted by Crippen LogP contribution is 2.22. The second-order valence-corrected chi connectivity index (χ2v) is 6.72. The second kappa shape index (κ2) is 7.61. The van der Waals surface area contributed by atoms with Gasteiger partial charge in [-0.1, -0.05) is 24.3 Å². The molecule has 1 saturated heterocycles. The number of amides is 2. The first-order chi connectivity index (χ1) is 13.2. The molecule has 1 aliphatic heterocycles. The molecular formula is C21H24N4O2. The first-order valence-electron chi connectivity index (χ1n) is 9.21. The van der Waals surface area contributed by atoms with Gasteiger partial charge in [0.1, 0.15) is 5.75 Å². The number of aromatic amines is 1. The van der Waals surface area contributed by atoms with Gasteiger partial charge in [0.25, 0.3) is 0 Å². The standard InChI is InChI=1S/C21H24N4O2/c1-27-19-7-4-6-18(14-19)24-9-11-25(12-10-24)21(26)22-15-17-13-16-5-2-3-8-20(16)23-17/h2-8,13-14,23H,9-12,15H2,1H3,(H,22,26). The third-order valence-corrected chi connectivity index (χ3v) is 5.00. The maximum Gasteiger partial charge on any atom is 0.317 e. The van der Waals surface area contributed by atoms with Crippen molar-refractivity contribution in [3.05, 3.63) is 60.3 Å². The van der Waals surface area contributed by atoms with Crippen LogP contribution in [0.2, 0.25) is 0 Å². The fourth-order valence-electron chi connectivity index (χ4n) is 3.49. The van der Waals surface area contributed by atoms with Crippen molar-refractivity contribution in [2.24, 2.45) is 0 Å². The number of ether oxygens (including phenoxy) is 1. The number of fused-ring (bicyclic) bond motifs is 1. The van der Waals surface area contributed by atoms with E-state index in [1.54, 1.807) is 7.11 Å². The molecule has 6 heteroatoms. The predicted octanol–water partition coefficient (Wildman–Crippen LogP) is 3.21. The van der Waals surface area contributed by atoms with Crippen molar-refractivity contribution in [1.82, 2.24) is 15.2 Å². The molecular weight excluding hydrogens is 340 g/mol. The van der Waals surface area contributed by atoms with Gasteiger partial charge in [-0.2, -0.15) is 0 Å². The fourth-order valence-corrected chi connectivity index (χ4v) is 3.49. The SMILES string of the molecule is COc1cccc(N2CCN(C(=O)NCc3cc4ccccc4[nH]3)CC2)c1. The Morgan fingerprint density at radius 1 is 1.07 bits per heavy atom. The van der Waals surface area contributed by atoms with Gasteiger partial charge < -0.3 is 24.8 Å². The number of benzene rings is 2. The summed E-state index contributed by atoms with van der Waals surface area (Å²) in [6.07, 6.45) is 0. The Morgan fingerprint density at radius 3 is 2.67 bits per heavy atom. The number of anilines is 1. The lowest BCUT2D eigenvalue weighted by molar-refractivity contribution is 0.194. The number of H-pyrrole nitrogens is 1. The van der Waals surface area contributed by atoms with Crippen molar-refractivity contribution >= 4 is 22.6 Å². The molecule has 140 valence electrons. The van der Waals surface area contributed by atoms with E-state index in [9.17, 15) is 4.79 Å². The number of aromatic nitrogens is 1. The minimum absolute atomic E-state index is 0.0149. The third kappa shape index (κ3) is 3.84. The molecule has 0 saturated carbocycles. The molecule has 0 atom stereocenters. The number of para-hydroxylation sites is 1. The zero-order valence-electron chi connectivity index (χ0n) is 15.4. The number of piperazine rings is 1. The third-order valence-electron chi connectivity index (χ3n) is 5.00. The van der Waals surface area contributed by atoms with Crippen molar-refractivity contribution in [2.45, 2.75) is 6.54 Å². The van der Waals surface area contributed by atoms with Crippen LogP contribution >= 0.6 is 0 Å². The lowest BCUT2D eigenvalue weighted by Crippen LogP contribution is -2.51. The van der Waals surface area contributed by atoms with Gasteiger partial charge in [-0.15, -0.1) is 0 Å². The maximum absolute atomic E-state index is 12.5. The van der Waals surface area contributed by atoms with E-state index < -0.39 is 0 Å². The number of nitrogens with one attached hydrogen (secondary N) is 2. The number of nitrogens with zero attached hydrogens (tertiary/aromatic N) is 2. The molecule has 0 unspecified atom stereocenters. The molecule has 2 amide bonds. The van der Waals surface area contributed by atoms with E-state index in [4.69, 9.17) is 4.74 Å². The number of carbonyl (C=O) groups is 1. The topological polar surface area (TPSA) is 60.6 Å². The average Bonchev–Trinajstić information content (AvgIpc) is 3.15. The summed E-state index contributed by atoms with van der Waals surface area (Å²) in [6, 6.07) is 18.2. The predicted molar refractivity (Wildman–Crippen MR) is 107 cm³/mol. The highest BCUT2D eigenvalue weighted by Gasteiger charge is 2.21. The Kier molecular flexibility index (Phi) is 4.87. The summed E-state index contributed by atoms with van der Waals surface area (Å²) in [7, 11) is 1.68. The van der Waals surface area contributed by atoms with Crippen LogP contribution in [0.3, 0.4) is 0 Å². The van der Waals surface area contributed by atoms with Crippen LogP contribution in [0.1, 0.15) is 5.69 Å². The molecule has 27 heavy (non-hydrogen) atoms. The highest BCUT2D eigenvalue weighted by molar-refractivity contribution is 5.80. The smallest absolute Gasteiger partial charge is 0.317 e. The van der Waals surface area contributed by atoms with Crippen LogP contribution in [0.4, 0.5) is 10.5 Å². The summed E-state index contributed by atoms with van der Waals surface area (Å²) in [5, 5.41) is 4.18. The van der Waals surface area contributed by atoms with Crippen LogP contribution < -0.4 is 15.0 Å². The Bertz CT molecular complexity index is 896. The lowest BCUT2D eigenvalue weighted by Gasteiger charge is -2.36. The van der Waals surface area contributed by atoms with E-state index in [1.165, 1.54) is 0 Å². The summed E-state index contributed by atoms with van der Waals surface area (Å²) in [5.41, 5.74) is 3.24. The van der Waals surface area contributed by atoms with Crippen LogP contribution in [-0.4, -0.2) is 49.2 Å². The largest absolute Gasteiger partial charge is 0.497 e. The minimum Gasteiger partial charge on any atom is -0.497 e. The molecule has 0 spiro atoms. The van der Waals surface area contributed by atoms with Gasteiger partial charge in [-0.3, -0.25) is 0 Å². The van der Waals surface area contributed by atoms with Gasteiger partial charge >= 0.3 is 6.03 Å². The summed E-state index contributed by atoms with van der Waals surface area (Å²) >= 11 is 0. The molecule has 1 aliphatic rings. The molecule has 2 aromatic carbocycles. The highest BCUT2D eigenvalue weighted by atomic mass is 16.5. The number of carbonyl (C=O) groups excluding carboxylic acids is 1. The van der Waals surface area contributed by atoms with Crippen LogP contribution in [0, 0.1) is 0 Å². The van der Waals surface area contributed by atoms with Gasteiger partial charge in [-0.05, 0) is 29.7 Å². The monoisotopic (exact) mass is 364 g/mol. The van der Waals surface area contributed by atoms with Gasteiger partial charge in [0.2, 0.25) is 0 Å². The van der Waals surface area contributed by atoms with Gasteiger partial charge in [-0.25, -0.2) is 4.79 Å². The molecule has 2 heterocycles. The molecule has 0 bridgehead atoms. The van der Waals surface area contributed by atoms with E-state index in [0.717, 1.165) is 41.1 Å².